The number of nitrogens with two attached hydrogens (primary N) is 1. The zero-order chi connectivity index (χ0) is 15.1. The number of hydrogen-bond donors (Lipinski definition) is 1. The molecule has 0 aliphatic rings. The Morgan fingerprint density at radius 1 is 1.05 bits per heavy atom. The second kappa shape index (κ2) is 7.91. The molecule has 112 valence electrons. The van der Waals surface area contributed by atoms with Crippen molar-refractivity contribution in [3.8, 4) is 11.5 Å². The number of benzene rings is 2. The predicted molar refractivity (Wildman–Crippen MR) is 86.2 cm³/mol. The van der Waals surface area contributed by atoms with Gasteiger partial charge in [0.1, 0.15) is 24.7 Å². The highest BCUT2D eigenvalue weighted by molar-refractivity contribution is 6.31. The highest BCUT2D eigenvalue weighted by Crippen LogP contribution is 2.24. The van der Waals surface area contributed by atoms with Crippen molar-refractivity contribution in [1.82, 2.24) is 0 Å². The van der Waals surface area contributed by atoms with Crippen molar-refractivity contribution in [3.05, 3.63) is 58.6 Å². The largest absolute Gasteiger partial charge is 0.492 e. The molecule has 0 atom stereocenters. The van der Waals surface area contributed by atoms with Crippen LogP contribution in [0.2, 0.25) is 5.02 Å². The van der Waals surface area contributed by atoms with E-state index in [4.69, 9.17) is 26.8 Å². The molecule has 0 fully saturated rings. The summed E-state index contributed by atoms with van der Waals surface area (Å²) < 4.78 is 11.3. The fourth-order valence-electron chi connectivity index (χ4n) is 2.08. The zero-order valence-electron chi connectivity index (χ0n) is 12.1. The molecule has 0 heterocycles. The molecule has 0 spiro atoms. The first-order valence-corrected chi connectivity index (χ1v) is 7.44. The molecule has 2 aromatic carbocycles. The quantitative estimate of drug-likeness (QED) is 0.846. The van der Waals surface area contributed by atoms with Gasteiger partial charge < -0.3 is 15.2 Å². The van der Waals surface area contributed by atoms with Crippen LogP contribution in [-0.4, -0.2) is 13.2 Å². The topological polar surface area (TPSA) is 44.5 Å². The van der Waals surface area contributed by atoms with E-state index >= 15 is 0 Å². The van der Waals surface area contributed by atoms with Gasteiger partial charge in [-0.05, 0) is 30.2 Å². The standard InChI is InChI=1S/C17H20ClNO2/c1-2-13-5-3-8-17(18)16(13)12-21-15-7-4-6-14(11-15)20-10-9-19/h3-8,11H,2,9-10,12,19H2,1H3. The third-order valence-corrected chi connectivity index (χ3v) is 3.53. The van der Waals surface area contributed by atoms with Gasteiger partial charge in [-0.2, -0.15) is 0 Å². The van der Waals surface area contributed by atoms with Crippen LogP contribution >= 0.6 is 11.6 Å². The number of rotatable bonds is 7. The fourth-order valence-corrected chi connectivity index (χ4v) is 2.33. The van der Waals surface area contributed by atoms with Crippen LogP contribution in [0, 0.1) is 0 Å². The first-order chi connectivity index (χ1) is 10.2. The Kier molecular flexibility index (Phi) is 5.90. The predicted octanol–water partition coefficient (Wildman–Crippen LogP) is 3.82. The molecule has 0 saturated heterocycles. The highest BCUT2D eigenvalue weighted by Gasteiger charge is 2.07. The molecule has 0 aromatic heterocycles. The lowest BCUT2D eigenvalue weighted by Gasteiger charge is -2.12. The lowest BCUT2D eigenvalue weighted by atomic mass is 10.1. The van der Waals surface area contributed by atoms with Gasteiger partial charge in [0.25, 0.3) is 0 Å². The summed E-state index contributed by atoms with van der Waals surface area (Å²) >= 11 is 6.26. The molecule has 2 N–H and O–H groups in total. The minimum absolute atomic E-state index is 0.448. The molecule has 2 rings (SSSR count). The molecule has 0 aliphatic heterocycles. The summed E-state index contributed by atoms with van der Waals surface area (Å²) in [6.07, 6.45) is 0.929. The van der Waals surface area contributed by atoms with Crippen LogP contribution in [0.1, 0.15) is 18.1 Å². The Balaban J connectivity index is 2.06. The molecule has 0 bridgehead atoms. The molecule has 0 amide bonds. The molecule has 3 nitrogen and oxygen atoms in total. The number of aryl methyl sites for hydroxylation is 1. The van der Waals surface area contributed by atoms with Gasteiger partial charge in [0.05, 0.1) is 0 Å². The van der Waals surface area contributed by atoms with E-state index in [1.807, 2.05) is 36.4 Å². The second-order valence-electron chi connectivity index (χ2n) is 4.63. The van der Waals surface area contributed by atoms with Gasteiger partial charge in [0.2, 0.25) is 0 Å². The Labute approximate surface area is 130 Å². The van der Waals surface area contributed by atoms with Crippen LogP contribution in [0.25, 0.3) is 0 Å². The van der Waals surface area contributed by atoms with Crippen LogP contribution in [-0.2, 0) is 13.0 Å². The average Bonchev–Trinajstić information content (AvgIpc) is 2.52. The zero-order valence-corrected chi connectivity index (χ0v) is 12.9. The Morgan fingerprint density at radius 2 is 1.76 bits per heavy atom. The van der Waals surface area contributed by atoms with Crippen LogP contribution in [0.5, 0.6) is 11.5 Å². The monoisotopic (exact) mass is 305 g/mol. The van der Waals surface area contributed by atoms with Crippen LogP contribution in [0.4, 0.5) is 0 Å². The van der Waals surface area contributed by atoms with E-state index in [0.717, 1.165) is 28.5 Å². The lowest BCUT2D eigenvalue weighted by molar-refractivity contribution is 0.297. The molecular weight excluding hydrogens is 286 g/mol. The van der Waals surface area contributed by atoms with Crippen molar-refractivity contribution < 1.29 is 9.47 Å². The maximum atomic E-state index is 6.26. The highest BCUT2D eigenvalue weighted by atomic mass is 35.5. The summed E-state index contributed by atoms with van der Waals surface area (Å²) in [5.74, 6) is 1.51. The van der Waals surface area contributed by atoms with Gasteiger partial charge in [0, 0.05) is 23.2 Å². The molecule has 0 saturated carbocycles. The third-order valence-electron chi connectivity index (χ3n) is 3.17. The summed E-state index contributed by atoms with van der Waals surface area (Å²) in [5, 5.41) is 0.741. The first-order valence-electron chi connectivity index (χ1n) is 7.06. The van der Waals surface area contributed by atoms with Gasteiger partial charge in [-0.15, -0.1) is 0 Å². The van der Waals surface area contributed by atoms with Gasteiger partial charge >= 0.3 is 0 Å². The summed E-state index contributed by atoms with van der Waals surface area (Å²) in [6, 6.07) is 13.5. The summed E-state index contributed by atoms with van der Waals surface area (Å²) in [7, 11) is 0. The minimum Gasteiger partial charge on any atom is -0.492 e. The SMILES string of the molecule is CCc1cccc(Cl)c1COc1cccc(OCCN)c1. The van der Waals surface area contributed by atoms with Crippen molar-refractivity contribution in [2.75, 3.05) is 13.2 Å². The van der Waals surface area contributed by atoms with Gasteiger partial charge in [-0.25, -0.2) is 0 Å². The smallest absolute Gasteiger partial charge is 0.123 e. The molecular formula is C17H20ClNO2. The van der Waals surface area contributed by atoms with Crippen molar-refractivity contribution in [2.24, 2.45) is 5.73 Å². The molecule has 2 aromatic rings. The van der Waals surface area contributed by atoms with E-state index in [1.54, 1.807) is 0 Å². The van der Waals surface area contributed by atoms with E-state index in [-0.39, 0.29) is 0 Å². The van der Waals surface area contributed by atoms with Crippen molar-refractivity contribution in [1.29, 1.82) is 0 Å². The van der Waals surface area contributed by atoms with Gasteiger partial charge in [-0.3, -0.25) is 0 Å². The second-order valence-corrected chi connectivity index (χ2v) is 5.04. The first kappa shape index (κ1) is 15.7. The van der Waals surface area contributed by atoms with Gasteiger partial charge in [-0.1, -0.05) is 36.7 Å². The van der Waals surface area contributed by atoms with E-state index in [0.29, 0.717) is 19.8 Å². The van der Waals surface area contributed by atoms with Crippen molar-refractivity contribution in [3.63, 3.8) is 0 Å². The lowest BCUT2D eigenvalue weighted by Crippen LogP contribution is -2.10. The van der Waals surface area contributed by atoms with E-state index in [9.17, 15) is 0 Å². The summed E-state index contributed by atoms with van der Waals surface area (Å²) in [6.45, 7) is 3.54. The van der Waals surface area contributed by atoms with Crippen molar-refractivity contribution in [2.45, 2.75) is 20.0 Å². The van der Waals surface area contributed by atoms with Crippen LogP contribution in [0.3, 0.4) is 0 Å². The van der Waals surface area contributed by atoms with E-state index < -0.39 is 0 Å². The Hall–Kier alpha value is -1.71. The minimum atomic E-state index is 0.448. The van der Waals surface area contributed by atoms with E-state index in [2.05, 4.69) is 13.0 Å². The average molecular weight is 306 g/mol. The molecule has 4 heteroatoms. The molecule has 0 unspecified atom stereocenters. The number of halogens is 1. The van der Waals surface area contributed by atoms with Crippen LogP contribution < -0.4 is 15.2 Å². The van der Waals surface area contributed by atoms with E-state index in [1.165, 1.54) is 5.56 Å². The Bertz CT molecular complexity index is 587. The number of hydrogen-bond acceptors (Lipinski definition) is 3. The Morgan fingerprint density at radius 3 is 2.48 bits per heavy atom. The fraction of sp³-hybridized carbons (Fsp3) is 0.294. The van der Waals surface area contributed by atoms with Crippen LogP contribution in [0.15, 0.2) is 42.5 Å². The maximum Gasteiger partial charge on any atom is 0.123 e. The third kappa shape index (κ3) is 4.38. The summed E-state index contributed by atoms with van der Waals surface area (Å²) in [5.41, 5.74) is 7.67. The summed E-state index contributed by atoms with van der Waals surface area (Å²) in [4.78, 5) is 0. The molecule has 21 heavy (non-hydrogen) atoms. The van der Waals surface area contributed by atoms with Gasteiger partial charge in [0.15, 0.2) is 0 Å². The number of ether oxygens (including phenoxy) is 2. The normalized spacial score (nSPS) is 10.4. The maximum absolute atomic E-state index is 6.26. The van der Waals surface area contributed by atoms with Crippen molar-refractivity contribution >= 4 is 11.6 Å². The molecule has 0 radical (unpaired) electrons. The molecule has 0 aliphatic carbocycles.